The molecule has 0 aliphatic heterocycles. The van der Waals surface area contributed by atoms with Crippen molar-refractivity contribution in [2.24, 2.45) is 5.41 Å². The first-order valence-corrected chi connectivity index (χ1v) is 7.79. The van der Waals surface area contributed by atoms with Gasteiger partial charge < -0.3 is 15.0 Å². The van der Waals surface area contributed by atoms with E-state index in [0.29, 0.717) is 6.04 Å². The Morgan fingerprint density at radius 1 is 1.29 bits per heavy atom. The van der Waals surface area contributed by atoms with Crippen LogP contribution in [0.4, 0.5) is 5.69 Å². The minimum atomic E-state index is 0.250. The van der Waals surface area contributed by atoms with Crippen molar-refractivity contribution in [1.82, 2.24) is 5.32 Å². The molecule has 0 aromatic heterocycles. The summed E-state index contributed by atoms with van der Waals surface area (Å²) in [6.07, 6.45) is 0. The lowest BCUT2D eigenvalue weighted by Crippen LogP contribution is -2.40. The highest BCUT2D eigenvalue weighted by atomic mass is 16.5. The molecule has 1 aromatic carbocycles. The van der Waals surface area contributed by atoms with Crippen molar-refractivity contribution in [1.29, 1.82) is 0 Å². The summed E-state index contributed by atoms with van der Waals surface area (Å²) in [6, 6.07) is 7.18. The fourth-order valence-electron chi connectivity index (χ4n) is 2.39. The molecule has 1 aromatic rings. The van der Waals surface area contributed by atoms with E-state index in [4.69, 9.17) is 4.74 Å². The number of rotatable bonds is 7. The van der Waals surface area contributed by atoms with Crippen LogP contribution in [0.1, 0.15) is 38.8 Å². The molecule has 1 atom stereocenters. The average molecular weight is 292 g/mol. The zero-order valence-corrected chi connectivity index (χ0v) is 14.8. The van der Waals surface area contributed by atoms with Gasteiger partial charge in [-0.1, -0.05) is 38.5 Å². The molecule has 120 valence electrons. The molecular formula is C18H32N2O. The zero-order chi connectivity index (χ0) is 16.0. The van der Waals surface area contributed by atoms with Gasteiger partial charge in [-0.25, -0.2) is 0 Å². The predicted octanol–water partition coefficient (Wildman–Crippen LogP) is 3.60. The maximum atomic E-state index is 5.09. The lowest BCUT2D eigenvalue weighted by atomic mass is 9.86. The van der Waals surface area contributed by atoms with Gasteiger partial charge in [0.2, 0.25) is 0 Å². The molecule has 3 heteroatoms. The fraction of sp³-hybridized carbons (Fsp3) is 0.667. The summed E-state index contributed by atoms with van der Waals surface area (Å²) in [4.78, 5) is 2.40. The van der Waals surface area contributed by atoms with Crippen molar-refractivity contribution in [2.45, 2.75) is 47.2 Å². The monoisotopic (exact) mass is 292 g/mol. The summed E-state index contributed by atoms with van der Waals surface area (Å²) in [7, 11) is 3.93. The molecule has 0 fully saturated rings. The van der Waals surface area contributed by atoms with Gasteiger partial charge in [0.25, 0.3) is 0 Å². The third-order valence-corrected chi connectivity index (χ3v) is 4.25. The summed E-state index contributed by atoms with van der Waals surface area (Å²) in [5, 5.41) is 3.45. The first-order valence-electron chi connectivity index (χ1n) is 7.79. The highest BCUT2D eigenvalue weighted by molar-refractivity contribution is 5.55. The smallest absolute Gasteiger partial charge is 0.0587 e. The van der Waals surface area contributed by atoms with Crippen LogP contribution in [0.2, 0.25) is 0 Å². The largest absolute Gasteiger partial charge is 0.383 e. The van der Waals surface area contributed by atoms with E-state index < -0.39 is 0 Å². The molecule has 0 aliphatic rings. The topological polar surface area (TPSA) is 24.5 Å². The van der Waals surface area contributed by atoms with Gasteiger partial charge in [0.1, 0.15) is 0 Å². The Kier molecular flexibility index (Phi) is 6.69. The molecule has 3 nitrogen and oxygen atoms in total. The summed E-state index contributed by atoms with van der Waals surface area (Å²) in [5.74, 6) is 0. The average Bonchev–Trinajstić information content (AvgIpc) is 2.41. The van der Waals surface area contributed by atoms with E-state index in [-0.39, 0.29) is 5.41 Å². The normalized spacial score (nSPS) is 13.3. The van der Waals surface area contributed by atoms with Crippen LogP contribution in [0.15, 0.2) is 18.2 Å². The Hall–Kier alpha value is -1.06. The number of anilines is 1. The molecule has 1 rings (SSSR count). The third-order valence-electron chi connectivity index (χ3n) is 4.25. The second kappa shape index (κ2) is 7.81. The van der Waals surface area contributed by atoms with Crippen molar-refractivity contribution >= 4 is 5.69 Å². The molecule has 1 N–H and O–H groups in total. The minimum absolute atomic E-state index is 0.250. The molecule has 1 unspecified atom stereocenters. The van der Waals surface area contributed by atoms with Crippen molar-refractivity contribution in [3.8, 4) is 0 Å². The van der Waals surface area contributed by atoms with Crippen LogP contribution >= 0.6 is 0 Å². The number of ether oxygens (including phenoxy) is 1. The maximum Gasteiger partial charge on any atom is 0.0587 e. The van der Waals surface area contributed by atoms with E-state index >= 15 is 0 Å². The van der Waals surface area contributed by atoms with Gasteiger partial charge in [0.05, 0.1) is 6.61 Å². The number of aryl methyl sites for hydroxylation is 1. The maximum absolute atomic E-state index is 5.09. The molecular weight excluding hydrogens is 260 g/mol. The standard InChI is InChI=1S/C18H32N2O/c1-14-8-9-17(20(6)15(2)18(3,4)5)16(12-14)13-19-10-11-21-7/h8-9,12,15,19H,10-11,13H2,1-7H3. The second-order valence-corrected chi connectivity index (χ2v) is 6.95. The highest BCUT2D eigenvalue weighted by Crippen LogP contribution is 2.30. The highest BCUT2D eigenvalue weighted by Gasteiger charge is 2.25. The minimum Gasteiger partial charge on any atom is -0.383 e. The van der Waals surface area contributed by atoms with Crippen molar-refractivity contribution in [3.63, 3.8) is 0 Å². The number of methoxy groups -OCH3 is 1. The van der Waals surface area contributed by atoms with Gasteiger partial charge >= 0.3 is 0 Å². The fourth-order valence-corrected chi connectivity index (χ4v) is 2.39. The molecule has 0 aliphatic carbocycles. The lowest BCUT2D eigenvalue weighted by Gasteiger charge is -2.38. The van der Waals surface area contributed by atoms with Crippen LogP contribution in [0.25, 0.3) is 0 Å². The Bertz CT molecular complexity index is 437. The van der Waals surface area contributed by atoms with E-state index in [1.54, 1.807) is 7.11 Å². The van der Waals surface area contributed by atoms with Crippen molar-refractivity contribution in [3.05, 3.63) is 29.3 Å². The number of benzene rings is 1. The van der Waals surface area contributed by atoms with Crippen LogP contribution in [0.3, 0.4) is 0 Å². The number of nitrogens with one attached hydrogen (secondary N) is 1. The first-order chi connectivity index (χ1) is 9.77. The zero-order valence-electron chi connectivity index (χ0n) is 14.8. The van der Waals surface area contributed by atoms with E-state index in [2.05, 4.69) is 70.1 Å². The molecule has 0 radical (unpaired) electrons. The van der Waals surface area contributed by atoms with Gasteiger partial charge in [-0.2, -0.15) is 0 Å². The van der Waals surface area contributed by atoms with Gasteiger partial charge in [-0.3, -0.25) is 0 Å². The first kappa shape index (κ1) is 18.0. The van der Waals surface area contributed by atoms with E-state index in [1.807, 2.05) is 0 Å². The van der Waals surface area contributed by atoms with Gasteiger partial charge in [0.15, 0.2) is 0 Å². The molecule has 0 spiro atoms. The predicted molar refractivity (Wildman–Crippen MR) is 92.1 cm³/mol. The van der Waals surface area contributed by atoms with Crippen LogP contribution in [0, 0.1) is 12.3 Å². The third kappa shape index (κ3) is 5.33. The molecule has 0 saturated heterocycles. The SMILES string of the molecule is COCCNCc1cc(C)ccc1N(C)C(C)C(C)(C)C. The Balaban J connectivity index is 2.90. The Morgan fingerprint density at radius 2 is 1.95 bits per heavy atom. The second-order valence-electron chi connectivity index (χ2n) is 6.95. The van der Waals surface area contributed by atoms with E-state index in [0.717, 1.165) is 19.7 Å². The summed E-state index contributed by atoms with van der Waals surface area (Å²) in [6.45, 7) is 13.8. The van der Waals surface area contributed by atoms with Crippen LogP contribution in [-0.2, 0) is 11.3 Å². The quantitative estimate of drug-likeness (QED) is 0.777. The lowest BCUT2D eigenvalue weighted by molar-refractivity contribution is 0.199. The van der Waals surface area contributed by atoms with Crippen LogP contribution in [0.5, 0.6) is 0 Å². The Labute approximate surface area is 130 Å². The summed E-state index contributed by atoms with van der Waals surface area (Å²) >= 11 is 0. The molecule has 0 amide bonds. The summed E-state index contributed by atoms with van der Waals surface area (Å²) < 4.78 is 5.09. The van der Waals surface area contributed by atoms with Gasteiger partial charge in [-0.05, 0) is 30.9 Å². The number of hydrogen-bond donors (Lipinski definition) is 1. The number of hydrogen-bond acceptors (Lipinski definition) is 3. The molecule has 0 bridgehead atoms. The van der Waals surface area contributed by atoms with E-state index in [1.165, 1.54) is 16.8 Å². The van der Waals surface area contributed by atoms with Crippen LogP contribution < -0.4 is 10.2 Å². The molecule has 0 saturated carbocycles. The van der Waals surface area contributed by atoms with Gasteiger partial charge in [0, 0.05) is 39.0 Å². The Morgan fingerprint density at radius 3 is 2.52 bits per heavy atom. The molecule has 0 heterocycles. The number of nitrogens with zero attached hydrogens (tertiary/aromatic N) is 1. The van der Waals surface area contributed by atoms with Crippen molar-refractivity contribution in [2.75, 3.05) is 32.2 Å². The summed E-state index contributed by atoms with van der Waals surface area (Å²) in [5.41, 5.74) is 4.22. The van der Waals surface area contributed by atoms with Gasteiger partial charge in [-0.15, -0.1) is 0 Å². The molecule has 21 heavy (non-hydrogen) atoms. The van der Waals surface area contributed by atoms with Crippen LogP contribution in [-0.4, -0.2) is 33.4 Å². The van der Waals surface area contributed by atoms with Crippen molar-refractivity contribution < 1.29 is 4.74 Å². The van der Waals surface area contributed by atoms with E-state index in [9.17, 15) is 0 Å².